The molecule has 2 unspecified atom stereocenters. The van der Waals surface area contributed by atoms with Gasteiger partial charge in [0.2, 0.25) is 5.91 Å². The maximum absolute atomic E-state index is 13.0. The first-order valence-corrected chi connectivity index (χ1v) is 8.91. The number of aromatic nitrogens is 2. The van der Waals surface area contributed by atoms with E-state index in [1.165, 1.54) is 12.3 Å². The molecule has 0 spiro atoms. The number of fused-ring (bicyclic) bond motifs is 1. The van der Waals surface area contributed by atoms with Gasteiger partial charge in [-0.1, -0.05) is 0 Å². The number of amides is 1. The van der Waals surface area contributed by atoms with Crippen molar-refractivity contribution in [3.8, 4) is 0 Å². The topological polar surface area (TPSA) is 95.7 Å². The Balaban J connectivity index is 1.55. The summed E-state index contributed by atoms with van der Waals surface area (Å²) in [5.41, 5.74) is 1.19. The number of nitrogens with zero attached hydrogens (tertiary/aromatic N) is 4. The van der Waals surface area contributed by atoms with Crippen molar-refractivity contribution in [1.82, 2.24) is 9.55 Å². The highest BCUT2D eigenvalue weighted by Gasteiger charge is 2.44. The molecular weight excluding hydrogens is 348 g/mol. The van der Waals surface area contributed by atoms with E-state index in [1.54, 1.807) is 23.4 Å². The minimum Gasteiger partial charge on any atom is -0.480 e. The molecule has 4 rings (SSSR count). The number of hydrogen-bond acceptors (Lipinski definition) is 5. The standard InChI is InChI=1S/C19H20N4O4/c24-17-4-3-15(10-22(17)12-18(25)26)23-9-13-5-7-21(11-16(13)19(23)27)14-2-1-6-20-8-14/h1-4,6,8,10,13,16H,5,7,9,11-12H2,(H,25,26). The van der Waals surface area contributed by atoms with Gasteiger partial charge < -0.3 is 19.5 Å². The summed E-state index contributed by atoms with van der Waals surface area (Å²) in [6.07, 6.45) is 5.89. The van der Waals surface area contributed by atoms with Gasteiger partial charge >= 0.3 is 5.97 Å². The average Bonchev–Trinajstić information content (AvgIpc) is 3.00. The molecule has 0 aromatic carbocycles. The third-order valence-electron chi connectivity index (χ3n) is 5.35. The third-order valence-corrected chi connectivity index (χ3v) is 5.35. The molecule has 140 valence electrons. The van der Waals surface area contributed by atoms with Crippen LogP contribution >= 0.6 is 0 Å². The first kappa shape index (κ1) is 17.3. The molecule has 0 radical (unpaired) electrons. The first-order valence-electron chi connectivity index (χ1n) is 8.91. The van der Waals surface area contributed by atoms with Crippen molar-refractivity contribution < 1.29 is 14.7 Å². The fourth-order valence-corrected chi connectivity index (χ4v) is 3.98. The second kappa shape index (κ2) is 6.86. The second-order valence-electron chi connectivity index (χ2n) is 7.01. The van der Waals surface area contributed by atoms with Crippen LogP contribution in [0.15, 0.2) is 47.7 Å². The Kier molecular flexibility index (Phi) is 4.39. The highest BCUT2D eigenvalue weighted by molar-refractivity contribution is 5.98. The molecule has 2 fully saturated rings. The summed E-state index contributed by atoms with van der Waals surface area (Å²) in [5, 5.41) is 8.95. The summed E-state index contributed by atoms with van der Waals surface area (Å²) in [5.74, 6) is -0.930. The van der Waals surface area contributed by atoms with Crippen LogP contribution in [0.4, 0.5) is 11.4 Å². The van der Waals surface area contributed by atoms with E-state index in [0.717, 1.165) is 23.2 Å². The molecule has 8 heteroatoms. The van der Waals surface area contributed by atoms with Gasteiger partial charge in [0.1, 0.15) is 6.54 Å². The van der Waals surface area contributed by atoms with Crippen LogP contribution in [0.5, 0.6) is 0 Å². The van der Waals surface area contributed by atoms with Crippen LogP contribution in [0, 0.1) is 11.8 Å². The summed E-state index contributed by atoms with van der Waals surface area (Å²) in [7, 11) is 0. The Bertz CT molecular complexity index is 927. The van der Waals surface area contributed by atoms with Gasteiger partial charge in [-0.3, -0.25) is 19.4 Å². The van der Waals surface area contributed by atoms with Gasteiger partial charge in [-0.15, -0.1) is 0 Å². The SMILES string of the molecule is O=C(O)Cn1cc(N2CC3CCN(c4cccnc4)CC3C2=O)ccc1=O. The van der Waals surface area contributed by atoms with Crippen molar-refractivity contribution in [3.05, 3.63) is 53.2 Å². The van der Waals surface area contributed by atoms with E-state index in [9.17, 15) is 14.4 Å². The monoisotopic (exact) mass is 368 g/mol. The number of carboxylic acids is 1. The van der Waals surface area contributed by atoms with Crippen LogP contribution in [-0.4, -0.2) is 46.2 Å². The number of carboxylic acid groups (broad SMARTS) is 1. The third kappa shape index (κ3) is 3.30. The predicted molar refractivity (Wildman–Crippen MR) is 98.7 cm³/mol. The summed E-state index contributed by atoms with van der Waals surface area (Å²) in [6.45, 7) is 1.68. The summed E-state index contributed by atoms with van der Waals surface area (Å²) < 4.78 is 1.12. The van der Waals surface area contributed by atoms with E-state index in [2.05, 4.69) is 9.88 Å². The van der Waals surface area contributed by atoms with Crippen molar-refractivity contribution in [2.24, 2.45) is 11.8 Å². The second-order valence-corrected chi connectivity index (χ2v) is 7.01. The van der Waals surface area contributed by atoms with E-state index >= 15 is 0 Å². The summed E-state index contributed by atoms with van der Waals surface area (Å²) in [4.78, 5) is 43.8. The van der Waals surface area contributed by atoms with Crippen molar-refractivity contribution in [1.29, 1.82) is 0 Å². The molecule has 0 saturated carbocycles. The normalized spacial score (nSPS) is 22.0. The molecule has 2 saturated heterocycles. The summed E-state index contributed by atoms with van der Waals surface area (Å²) >= 11 is 0. The Morgan fingerprint density at radius 3 is 2.78 bits per heavy atom. The van der Waals surface area contributed by atoms with Crippen LogP contribution in [0.25, 0.3) is 0 Å². The van der Waals surface area contributed by atoms with Gasteiger partial charge in [-0.25, -0.2) is 0 Å². The molecule has 2 aromatic heterocycles. The maximum Gasteiger partial charge on any atom is 0.323 e. The zero-order valence-corrected chi connectivity index (χ0v) is 14.7. The fourth-order valence-electron chi connectivity index (χ4n) is 3.98. The van der Waals surface area contributed by atoms with E-state index < -0.39 is 18.1 Å². The molecule has 27 heavy (non-hydrogen) atoms. The molecule has 0 bridgehead atoms. The average molecular weight is 368 g/mol. The quantitative estimate of drug-likeness (QED) is 0.858. The zero-order chi connectivity index (χ0) is 19.0. The smallest absolute Gasteiger partial charge is 0.323 e. The number of aliphatic carboxylic acids is 1. The number of hydrogen-bond donors (Lipinski definition) is 1. The van der Waals surface area contributed by atoms with Crippen molar-refractivity contribution in [3.63, 3.8) is 0 Å². The van der Waals surface area contributed by atoms with Crippen LogP contribution in [-0.2, 0) is 16.1 Å². The number of pyridine rings is 2. The largest absolute Gasteiger partial charge is 0.480 e. The van der Waals surface area contributed by atoms with Crippen molar-refractivity contribution >= 4 is 23.3 Å². The van der Waals surface area contributed by atoms with Gasteiger partial charge in [0.15, 0.2) is 0 Å². The lowest BCUT2D eigenvalue weighted by Gasteiger charge is -2.34. The highest BCUT2D eigenvalue weighted by Crippen LogP contribution is 2.36. The highest BCUT2D eigenvalue weighted by atomic mass is 16.4. The molecule has 8 nitrogen and oxygen atoms in total. The van der Waals surface area contributed by atoms with E-state index in [0.29, 0.717) is 18.8 Å². The van der Waals surface area contributed by atoms with E-state index in [4.69, 9.17) is 5.11 Å². The molecule has 2 aliphatic heterocycles. The van der Waals surface area contributed by atoms with Crippen molar-refractivity contribution in [2.75, 3.05) is 29.4 Å². The zero-order valence-electron chi connectivity index (χ0n) is 14.7. The number of rotatable bonds is 4. The molecule has 0 aliphatic carbocycles. The van der Waals surface area contributed by atoms with Crippen molar-refractivity contribution in [2.45, 2.75) is 13.0 Å². The number of piperidine rings is 1. The Morgan fingerprint density at radius 2 is 2.04 bits per heavy atom. The number of carbonyl (C=O) groups is 2. The van der Waals surface area contributed by atoms with E-state index in [1.807, 2.05) is 12.1 Å². The number of carbonyl (C=O) groups excluding carboxylic acids is 1. The molecule has 1 N–H and O–H groups in total. The Hall–Kier alpha value is -3.16. The molecule has 2 atom stereocenters. The molecule has 1 amide bonds. The Morgan fingerprint density at radius 1 is 1.19 bits per heavy atom. The van der Waals surface area contributed by atoms with Gasteiger partial charge in [0, 0.05) is 38.1 Å². The van der Waals surface area contributed by atoms with E-state index in [-0.39, 0.29) is 17.7 Å². The molecule has 2 aromatic rings. The van der Waals surface area contributed by atoms with Gasteiger partial charge in [0.05, 0.1) is 23.5 Å². The predicted octanol–water partition coefficient (Wildman–Crippen LogP) is 0.817. The minimum atomic E-state index is -1.09. The Labute approximate surface area is 155 Å². The van der Waals surface area contributed by atoms with Gasteiger partial charge in [-0.05, 0) is 30.5 Å². The first-order chi connectivity index (χ1) is 13.0. The summed E-state index contributed by atoms with van der Waals surface area (Å²) in [6, 6.07) is 6.78. The van der Waals surface area contributed by atoms with Gasteiger partial charge in [-0.2, -0.15) is 0 Å². The fraction of sp³-hybridized carbons (Fsp3) is 0.368. The van der Waals surface area contributed by atoms with Crippen LogP contribution in [0.1, 0.15) is 6.42 Å². The van der Waals surface area contributed by atoms with Crippen LogP contribution in [0.3, 0.4) is 0 Å². The van der Waals surface area contributed by atoms with Crippen LogP contribution < -0.4 is 15.4 Å². The van der Waals surface area contributed by atoms with Crippen LogP contribution in [0.2, 0.25) is 0 Å². The molecule has 2 aliphatic rings. The minimum absolute atomic E-state index is 0.0223. The molecular formula is C19H20N4O4. The lowest BCUT2D eigenvalue weighted by atomic mass is 9.88. The lowest BCUT2D eigenvalue weighted by molar-refractivity contribution is -0.137. The number of anilines is 2. The maximum atomic E-state index is 13.0. The van der Waals surface area contributed by atoms with Gasteiger partial charge in [0.25, 0.3) is 5.56 Å². The lowest BCUT2D eigenvalue weighted by Crippen LogP contribution is -2.41. The molecule has 4 heterocycles.